The maximum Gasteiger partial charge on any atom is 0.342 e. The second kappa shape index (κ2) is 11.4. The molecular formula is C26H27N5O6. The highest BCUT2D eigenvalue weighted by Crippen LogP contribution is 2.23. The highest BCUT2D eigenvalue weighted by atomic mass is 16.5. The quantitative estimate of drug-likeness (QED) is 0.237. The number of ketones is 1. The summed E-state index contributed by atoms with van der Waals surface area (Å²) in [6, 6.07) is 11.1. The first-order valence-corrected chi connectivity index (χ1v) is 11.6. The van der Waals surface area contributed by atoms with Gasteiger partial charge < -0.3 is 29.0 Å². The molecule has 0 atom stereocenters. The Bertz CT molecular complexity index is 1380. The van der Waals surface area contributed by atoms with Crippen molar-refractivity contribution in [1.29, 1.82) is 0 Å². The Morgan fingerprint density at radius 3 is 2.54 bits per heavy atom. The molecule has 4 aromatic rings. The third-order valence-corrected chi connectivity index (χ3v) is 5.57. The number of hydrogen-bond donors (Lipinski definition) is 1. The van der Waals surface area contributed by atoms with Gasteiger partial charge in [0, 0.05) is 26.1 Å². The molecule has 11 heteroatoms. The smallest absolute Gasteiger partial charge is 0.342 e. The molecule has 0 bridgehead atoms. The lowest BCUT2D eigenvalue weighted by atomic mass is 10.1. The van der Waals surface area contributed by atoms with E-state index in [0.717, 1.165) is 11.3 Å². The maximum absolute atomic E-state index is 12.8. The van der Waals surface area contributed by atoms with Gasteiger partial charge >= 0.3 is 5.97 Å². The van der Waals surface area contributed by atoms with E-state index in [1.165, 1.54) is 10.8 Å². The van der Waals surface area contributed by atoms with Crippen molar-refractivity contribution in [2.45, 2.75) is 26.4 Å². The molecule has 0 fully saturated rings. The zero-order valence-electron chi connectivity index (χ0n) is 20.8. The Morgan fingerprint density at radius 1 is 1.11 bits per heavy atom. The number of methoxy groups -OCH3 is 1. The maximum atomic E-state index is 12.8. The SMILES string of the molecule is CCOC(=O)c1c(C(=O)CCc2nc(-c3ccc(OCc4ccc(OC)cc4)cn3)no2)cn(C)c1N. The number of aromatic nitrogens is 4. The number of esters is 1. The van der Waals surface area contributed by atoms with Gasteiger partial charge in [-0.25, -0.2) is 9.78 Å². The Hall–Kier alpha value is -4.67. The van der Waals surface area contributed by atoms with Crippen LogP contribution in [0.25, 0.3) is 11.5 Å². The molecule has 4 rings (SSSR count). The van der Waals surface area contributed by atoms with Gasteiger partial charge in [-0.3, -0.25) is 4.79 Å². The Balaban J connectivity index is 1.35. The van der Waals surface area contributed by atoms with Gasteiger partial charge in [0.25, 0.3) is 0 Å². The molecule has 0 radical (unpaired) electrons. The van der Waals surface area contributed by atoms with Crippen LogP contribution in [0.5, 0.6) is 11.5 Å². The van der Waals surface area contributed by atoms with Crippen LogP contribution in [0.15, 0.2) is 53.3 Å². The van der Waals surface area contributed by atoms with Crippen LogP contribution in [0, 0.1) is 0 Å². The van der Waals surface area contributed by atoms with E-state index in [1.54, 1.807) is 39.4 Å². The predicted octanol–water partition coefficient (Wildman–Crippen LogP) is 3.63. The van der Waals surface area contributed by atoms with Crippen LogP contribution in [-0.4, -0.2) is 45.2 Å². The van der Waals surface area contributed by atoms with E-state index in [9.17, 15) is 9.59 Å². The number of anilines is 1. The fraction of sp³-hybridized carbons (Fsp3) is 0.269. The van der Waals surface area contributed by atoms with Crippen LogP contribution >= 0.6 is 0 Å². The average Bonchev–Trinajstić information content (AvgIpc) is 3.51. The van der Waals surface area contributed by atoms with Crippen molar-refractivity contribution < 1.29 is 28.3 Å². The van der Waals surface area contributed by atoms with Crippen molar-refractivity contribution in [2.75, 3.05) is 19.5 Å². The minimum absolute atomic E-state index is 0.0447. The summed E-state index contributed by atoms with van der Waals surface area (Å²) in [6.07, 6.45) is 3.33. The third-order valence-electron chi connectivity index (χ3n) is 5.57. The second-order valence-electron chi connectivity index (χ2n) is 8.09. The van der Waals surface area contributed by atoms with Gasteiger partial charge in [0.1, 0.15) is 35.2 Å². The number of benzene rings is 1. The zero-order valence-corrected chi connectivity index (χ0v) is 20.8. The monoisotopic (exact) mass is 505 g/mol. The first-order chi connectivity index (χ1) is 17.9. The first-order valence-electron chi connectivity index (χ1n) is 11.6. The molecule has 0 aliphatic heterocycles. The van der Waals surface area contributed by atoms with Gasteiger partial charge in [-0.2, -0.15) is 4.98 Å². The molecule has 0 spiro atoms. The highest BCUT2D eigenvalue weighted by Gasteiger charge is 2.25. The summed E-state index contributed by atoms with van der Waals surface area (Å²) in [5, 5.41) is 3.95. The fourth-order valence-corrected chi connectivity index (χ4v) is 3.57. The lowest BCUT2D eigenvalue weighted by Crippen LogP contribution is -2.12. The summed E-state index contributed by atoms with van der Waals surface area (Å²) in [5.74, 6) is 1.19. The number of nitrogens with zero attached hydrogens (tertiary/aromatic N) is 4. The van der Waals surface area contributed by atoms with Crippen molar-refractivity contribution in [2.24, 2.45) is 7.05 Å². The van der Waals surface area contributed by atoms with E-state index in [2.05, 4.69) is 15.1 Å². The van der Waals surface area contributed by atoms with Crippen LogP contribution < -0.4 is 15.2 Å². The molecule has 3 aromatic heterocycles. The van der Waals surface area contributed by atoms with E-state index < -0.39 is 5.97 Å². The number of carbonyl (C=O) groups is 2. The first kappa shape index (κ1) is 25.4. The zero-order chi connectivity index (χ0) is 26.4. The number of aryl methyl sites for hydroxylation is 2. The molecule has 0 amide bonds. The van der Waals surface area contributed by atoms with Crippen LogP contribution in [0.3, 0.4) is 0 Å². The standard InChI is InChI=1S/C26H27N5O6/c1-4-35-26(33)23-19(14-31(2)24(23)27)21(32)11-12-22-29-25(30-37-22)20-10-9-18(13-28-20)36-15-16-5-7-17(34-3)8-6-16/h5-10,13-14H,4,11-12,15,27H2,1-3H3. The molecule has 192 valence electrons. The van der Waals surface area contributed by atoms with Gasteiger partial charge in [0.15, 0.2) is 5.78 Å². The van der Waals surface area contributed by atoms with Crippen molar-refractivity contribution in [1.82, 2.24) is 19.7 Å². The lowest BCUT2D eigenvalue weighted by molar-refractivity contribution is 0.0524. The minimum atomic E-state index is -0.633. The van der Waals surface area contributed by atoms with Crippen molar-refractivity contribution in [3.8, 4) is 23.0 Å². The van der Waals surface area contributed by atoms with E-state index in [0.29, 0.717) is 23.9 Å². The van der Waals surface area contributed by atoms with Crippen LogP contribution in [0.2, 0.25) is 0 Å². The number of nitrogens with two attached hydrogens (primary N) is 1. The average molecular weight is 506 g/mol. The summed E-state index contributed by atoms with van der Waals surface area (Å²) >= 11 is 0. The molecule has 37 heavy (non-hydrogen) atoms. The molecule has 2 N–H and O–H groups in total. The molecule has 1 aromatic carbocycles. The Kier molecular flexibility index (Phi) is 7.82. The summed E-state index contributed by atoms with van der Waals surface area (Å²) in [6.45, 7) is 2.25. The molecule has 0 saturated carbocycles. The normalized spacial score (nSPS) is 10.8. The van der Waals surface area contributed by atoms with Gasteiger partial charge in [0.05, 0.1) is 25.5 Å². The van der Waals surface area contributed by atoms with Gasteiger partial charge in [-0.05, 0) is 36.8 Å². The van der Waals surface area contributed by atoms with Crippen molar-refractivity contribution >= 4 is 17.6 Å². The largest absolute Gasteiger partial charge is 0.497 e. The lowest BCUT2D eigenvalue weighted by Gasteiger charge is -2.07. The van der Waals surface area contributed by atoms with Gasteiger partial charge in [-0.1, -0.05) is 17.3 Å². The number of rotatable bonds is 11. The number of carbonyl (C=O) groups excluding carboxylic acids is 2. The fourth-order valence-electron chi connectivity index (χ4n) is 3.57. The number of pyridine rings is 1. The molecular weight excluding hydrogens is 478 g/mol. The van der Waals surface area contributed by atoms with Crippen molar-refractivity contribution in [3.63, 3.8) is 0 Å². The summed E-state index contributed by atoms with van der Waals surface area (Å²) in [5.41, 5.74) is 7.73. The minimum Gasteiger partial charge on any atom is -0.497 e. The predicted molar refractivity (Wildman–Crippen MR) is 133 cm³/mol. The second-order valence-corrected chi connectivity index (χ2v) is 8.09. The summed E-state index contributed by atoms with van der Waals surface area (Å²) in [7, 11) is 3.27. The summed E-state index contributed by atoms with van der Waals surface area (Å²) < 4.78 is 22.8. The van der Waals surface area contributed by atoms with Gasteiger partial charge in [-0.15, -0.1) is 0 Å². The number of hydrogen-bond acceptors (Lipinski definition) is 10. The number of ether oxygens (including phenoxy) is 3. The van der Waals surface area contributed by atoms with E-state index >= 15 is 0 Å². The summed E-state index contributed by atoms with van der Waals surface area (Å²) in [4.78, 5) is 33.8. The van der Waals surface area contributed by atoms with E-state index in [4.69, 9.17) is 24.5 Å². The number of nitrogen functional groups attached to an aromatic ring is 1. The number of Topliss-reactive ketones (excluding diaryl/α,β-unsaturated/α-hetero) is 1. The Morgan fingerprint density at radius 2 is 1.86 bits per heavy atom. The van der Waals surface area contributed by atoms with Crippen LogP contribution in [0.1, 0.15) is 45.5 Å². The van der Waals surface area contributed by atoms with Gasteiger partial charge in [0.2, 0.25) is 11.7 Å². The Labute approximate surface area is 213 Å². The third kappa shape index (κ3) is 5.95. The van der Waals surface area contributed by atoms with E-state index in [1.807, 2.05) is 24.3 Å². The highest BCUT2D eigenvalue weighted by molar-refractivity contribution is 6.09. The van der Waals surface area contributed by atoms with Crippen molar-refractivity contribution in [3.05, 3.63) is 71.4 Å². The molecule has 3 heterocycles. The molecule has 0 aliphatic carbocycles. The molecule has 0 saturated heterocycles. The molecule has 0 aliphatic rings. The van der Waals surface area contributed by atoms with Crippen LogP contribution in [0.4, 0.5) is 5.82 Å². The van der Waals surface area contributed by atoms with Crippen LogP contribution in [-0.2, 0) is 24.8 Å². The topological polar surface area (TPSA) is 145 Å². The molecule has 11 nitrogen and oxygen atoms in total. The molecule has 0 unspecified atom stereocenters. The van der Waals surface area contributed by atoms with E-state index in [-0.39, 0.29) is 48.1 Å².